The zero-order valence-corrected chi connectivity index (χ0v) is 19.8. The first-order valence-electron chi connectivity index (χ1n) is 12.3. The summed E-state index contributed by atoms with van der Waals surface area (Å²) in [7, 11) is 1.71. The largest absolute Gasteiger partial charge is 0.496 e. The van der Waals surface area contributed by atoms with Crippen LogP contribution in [0.15, 0.2) is 60.9 Å². The molecule has 4 aromatic rings. The van der Waals surface area contributed by atoms with Crippen LogP contribution < -0.4 is 14.2 Å². The van der Waals surface area contributed by atoms with Gasteiger partial charge in [-0.05, 0) is 67.5 Å². The van der Waals surface area contributed by atoms with E-state index in [2.05, 4.69) is 27.7 Å². The average Bonchev–Trinajstić information content (AvgIpc) is 3.28. The highest BCUT2D eigenvalue weighted by molar-refractivity contribution is 5.66. The normalized spacial score (nSPS) is 21.8. The van der Waals surface area contributed by atoms with Crippen LogP contribution in [0.4, 0.5) is 0 Å². The standard InChI is InChI=1S/C28H29N3O4/c1-33-24-5-3-2-4-22(24)23-13-15-34-28-27(23)31-17-19(6-11-25(31)30-28)18-12-14-29-26(16-18)35-21-9-7-20(32)8-10-21/h2-6,11-12,14,16-17,20-21,23,32H,7-10,13,15H2,1H3. The number of aromatic nitrogens is 3. The molecule has 1 aliphatic heterocycles. The molecule has 1 N–H and O–H groups in total. The zero-order valence-electron chi connectivity index (χ0n) is 19.8. The fourth-order valence-corrected chi connectivity index (χ4v) is 5.29. The molecule has 0 saturated heterocycles. The number of imidazole rings is 1. The maximum absolute atomic E-state index is 9.77. The third-order valence-electron chi connectivity index (χ3n) is 7.11. The van der Waals surface area contributed by atoms with E-state index in [9.17, 15) is 5.11 Å². The van der Waals surface area contributed by atoms with Crippen molar-refractivity contribution in [1.29, 1.82) is 0 Å². The van der Waals surface area contributed by atoms with E-state index in [1.807, 2.05) is 36.4 Å². The maximum atomic E-state index is 9.77. The van der Waals surface area contributed by atoms with Crippen molar-refractivity contribution >= 4 is 5.65 Å². The number of hydrogen-bond acceptors (Lipinski definition) is 6. The van der Waals surface area contributed by atoms with Gasteiger partial charge in [-0.3, -0.25) is 4.40 Å². The minimum absolute atomic E-state index is 0.100. The van der Waals surface area contributed by atoms with Crippen molar-refractivity contribution in [3.8, 4) is 28.6 Å². The van der Waals surface area contributed by atoms with Crippen LogP contribution in [0.3, 0.4) is 0 Å². The number of fused-ring (bicyclic) bond motifs is 3. The molecule has 1 aromatic carbocycles. The molecule has 1 unspecified atom stereocenters. The van der Waals surface area contributed by atoms with Crippen molar-refractivity contribution < 1.29 is 19.3 Å². The van der Waals surface area contributed by atoms with Crippen LogP contribution in [-0.4, -0.2) is 45.4 Å². The number of pyridine rings is 2. The summed E-state index contributed by atoms with van der Waals surface area (Å²) in [6.07, 6.45) is 7.92. The topological polar surface area (TPSA) is 78.1 Å². The van der Waals surface area contributed by atoms with Crippen LogP contribution in [0.25, 0.3) is 16.8 Å². The SMILES string of the molecule is COc1ccccc1C1CCOc2nc3ccc(-c4ccnc(OC5CCC(O)CC5)c4)cn3c21. The first kappa shape index (κ1) is 21.9. The van der Waals surface area contributed by atoms with Gasteiger partial charge in [-0.15, -0.1) is 0 Å². The van der Waals surface area contributed by atoms with Gasteiger partial charge in [-0.2, -0.15) is 4.98 Å². The first-order valence-corrected chi connectivity index (χ1v) is 12.3. The predicted molar refractivity (Wildman–Crippen MR) is 132 cm³/mol. The van der Waals surface area contributed by atoms with Crippen molar-refractivity contribution in [3.63, 3.8) is 0 Å². The highest BCUT2D eigenvalue weighted by atomic mass is 16.5. The van der Waals surface area contributed by atoms with Crippen molar-refractivity contribution in [1.82, 2.24) is 14.4 Å². The summed E-state index contributed by atoms with van der Waals surface area (Å²) < 4.78 is 19.9. The number of para-hydroxylation sites is 1. The number of methoxy groups -OCH3 is 1. The molecule has 1 atom stereocenters. The highest BCUT2D eigenvalue weighted by Gasteiger charge is 2.30. The Labute approximate surface area is 204 Å². The van der Waals surface area contributed by atoms with Crippen LogP contribution in [0.1, 0.15) is 49.3 Å². The van der Waals surface area contributed by atoms with Crippen LogP contribution in [0, 0.1) is 0 Å². The summed E-state index contributed by atoms with van der Waals surface area (Å²) in [5.41, 5.74) is 5.12. The van der Waals surface area contributed by atoms with Gasteiger partial charge in [0.2, 0.25) is 11.8 Å². The Balaban J connectivity index is 1.36. The summed E-state index contributed by atoms with van der Waals surface area (Å²) in [5.74, 6) is 2.30. The molecule has 180 valence electrons. The van der Waals surface area contributed by atoms with E-state index in [-0.39, 0.29) is 18.1 Å². The lowest BCUT2D eigenvalue weighted by atomic mass is 9.90. The fourth-order valence-electron chi connectivity index (χ4n) is 5.29. The second-order valence-electron chi connectivity index (χ2n) is 9.31. The molecule has 35 heavy (non-hydrogen) atoms. The molecular weight excluding hydrogens is 442 g/mol. The first-order chi connectivity index (χ1) is 17.2. The lowest BCUT2D eigenvalue weighted by Gasteiger charge is -2.25. The second-order valence-corrected chi connectivity index (χ2v) is 9.31. The Hall–Kier alpha value is -3.58. The van der Waals surface area contributed by atoms with Crippen LogP contribution in [-0.2, 0) is 0 Å². The lowest BCUT2D eigenvalue weighted by Crippen LogP contribution is -2.26. The Bertz CT molecular complexity index is 1340. The van der Waals surface area contributed by atoms with Gasteiger partial charge in [-0.1, -0.05) is 18.2 Å². The monoisotopic (exact) mass is 471 g/mol. The fraction of sp³-hybridized carbons (Fsp3) is 0.357. The number of aliphatic hydroxyl groups excluding tert-OH is 1. The van der Waals surface area contributed by atoms with E-state index in [1.165, 1.54) is 0 Å². The zero-order chi connectivity index (χ0) is 23.8. The van der Waals surface area contributed by atoms with Crippen LogP contribution in [0.2, 0.25) is 0 Å². The van der Waals surface area contributed by atoms with Crippen LogP contribution in [0.5, 0.6) is 17.5 Å². The Morgan fingerprint density at radius 2 is 1.86 bits per heavy atom. The Kier molecular flexibility index (Phi) is 5.78. The highest BCUT2D eigenvalue weighted by Crippen LogP contribution is 2.42. The number of hydrogen-bond donors (Lipinski definition) is 1. The minimum atomic E-state index is -0.203. The predicted octanol–water partition coefficient (Wildman–Crippen LogP) is 5.00. The summed E-state index contributed by atoms with van der Waals surface area (Å²) in [6.45, 7) is 0.621. The Morgan fingerprint density at radius 3 is 2.71 bits per heavy atom. The van der Waals surface area contributed by atoms with Crippen molar-refractivity contribution in [2.24, 2.45) is 0 Å². The van der Waals surface area contributed by atoms with Crippen molar-refractivity contribution in [3.05, 3.63) is 72.2 Å². The molecule has 0 radical (unpaired) electrons. The minimum Gasteiger partial charge on any atom is -0.496 e. The molecule has 6 rings (SSSR count). The van der Waals surface area contributed by atoms with Gasteiger partial charge in [-0.25, -0.2) is 4.98 Å². The quantitative estimate of drug-likeness (QED) is 0.441. The molecule has 3 aromatic heterocycles. The van der Waals surface area contributed by atoms with Crippen LogP contribution >= 0.6 is 0 Å². The maximum Gasteiger partial charge on any atom is 0.236 e. The molecule has 7 heteroatoms. The van der Waals surface area contributed by atoms with Crippen molar-refractivity contribution in [2.45, 2.75) is 50.2 Å². The average molecular weight is 472 g/mol. The van der Waals surface area contributed by atoms with Gasteiger partial charge in [0.25, 0.3) is 0 Å². The van der Waals surface area contributed by atoms with E-state index in [0.717, 1.165) is 65.9 Å². The summed E-state index contributed by atoms with van der Waals surface area (Å²) in [4.78, 5) is 9.20. The van der Waals surface area contributed by atoms with Gasteiger partial charge in [0.1, 0.15) is 17.5 Å². The number of aliphatic hydroxyl groups is 1. The summed E-state index contributed by atoms with van der Waals surface area (Å²) in [6, 6.07) is 16.3. The van der Waals surface area contributed by atoms with Gasteiger partial charge < -0.3 is 19.3 Å². The van der Waals surface area contributed by atoms with E-state index in [4.69, 9.17) is 19.2 Å². The number of rotatable bonds is 5. The molecule has 1 fully saturated rings. The number of ether oxygens (including phenoxy) is 3. The van der Waals surface area contributed by atoms with Crippen molar-refractivity contribution in [2.75, 3.05) is 13.7 Å². The molecule has 4 heterocycles. The van der Waals surface area contributed by atoms with E-state index in [0.29, 0.717) is 18.4 Å². The lowest BCUT2D eigenvalue weighted by molar-refractivity contribution is 0.0644. The number of benzene rings is 1. The van der Waals surface area contributed by atoms with Gasteiger partial charge in [0.05, 0.1) is 25.5 Å². The number of nitrogens with zero attached hydrogens (tertiary/aromatic N) is 3. The molecule has 0 bridgehead atoms. The molecule has 1 saturated carbocycles. The van der Waals surface area contributed by atoms with Gasteiger partial charge >= 0.3 is 0 Å². The van der Waals surface area contributed by atoms with E-state index < -0.39 is 0 Å². The molecule has 2 aliphatic rings. The molecule has 7 nitrogen and oxygen atoms in total. The van der Waals surface area contributed by atoms with Gasteiger partial charge in [0.15, 0.2) is 0 Å². The second kappa shape index (κ2) is 9.23. The molecule has 0 spiro atoms. The smallest absolute Gasteiger partial charge is 0.236 e. The summed E-state index contributed by atoms with van der Waals surface area (Å²) >= 11 is 0. The third kappa shape index (κ3) is 4.21. The van der Waals surface area contributed by atoms with E-state index >= 15 is 0 Å². The molecular formula is C28H29N3O4. The van der Waals surface area contributed by atoms with Gasteiger partial charge in [0, 0.05) is 29.9 Å². The summed E-state index contributed by atoms with van der Waals surface area (Å²) in [5, 5.41) is 9.77. The third-order valence-corrected chi connectivity index (χ3v) is 7.11. The molecule has 0 amide bonds. The van der Waals surface area contributed by atoms with E-state index in [1.54, 1.807) is 13.3 Å². The molecule has 1 aliphatic carbocycles. The Morgan fingerprint density at radius 1 is 1.00 bits per heavy atom.